The van der Waals surface area contributed by atoms with E-state index in [1.54, 1.807) is 0 Å². The minimum absolute atomic E-state index is 1.00. The van der Waals surface area contributed by atoms with Crippen LogP contribution in [0.15, 0.2) is 54.7 Å². The van der Waals surface area contributed by atoms with E-state index in [0.717, 1.165) is 12.6 Å². The van der Waals surface area contributed by atoms with Gasteiger partial charge in [0.05, 0.1) is 5.52 Å². The van der Waals surface area contributed by atoms with Gasteiger partial charge in [0.15, 0.2) is 0 Å². The summed E-state index contributed by atoms with van der Waals surface area (Å²) in [6, 6.07) is 16.6. The van der Waals surface area contributed by atoms with E-state index in [4.69, 9.17) is 5.11 Å². The van der Waals surface area contributed by atoms with Gasteiger partial charge in [-0.05, 0) is 11.5 Å². The molecule has 1 heterocycles. The van der Waals surface area contributed by atoms with Crippen molar-refractivity contribution < 1.29 is 5.11 Å². The van der Waals surface area contributed by atoms with E-state index >= 15 is 0 Å². The first kappa shape index (κ1) is 10.6. The largest absolute Gasteiger partial charge is 0.400 e. The highest BCUT2D eigenvalue weighted by Crippen LogP contribution is 2.22. The molecular weight excluding hydrogens is 198 g/mol. The van der Waals surface area contributed by atoms with Gasteiger partial charge in [0.25, 0.3) is 0 Å². The standard InChI is InChI=1S/C13H9N.CH4O/c1-2-6-11-10(5-1)9-14-13-8-4-3-7-12(11)13;1-2/h1-9H;2H,1H3. The van der Waals surface area contributed by atoms with Crippen molar-refractivity contribution in [3.05, 3.63) is 54.7 Å². The lowest BCUT2D eigenvalue weighted by atomic mass is 10.1. The Bertz CT molecular complexity index is 550. The molecule has 80 valence electrons. The molecule has 1 N–H and O–H groups in total. The Morgan fingerprint density at radius 3 is 2.25 bits per heavy atom. The van der Waals surface area contributed by atoms with Gasteiger partial charge < -0.3 is 5.11 Å². The van der Waals surface area contributed by atoms with Gasteiger partial charge in [-0.1, -0.05) is 42.5 Å². The average Bonchev–Trinajstić information content (AvgIpc) is 2.41. The fourth-order valence-corrected chi connectivity index (χ4v) is 1.81. The van der Waals surface area contributed by atoms with Gasteiger partial charge in [0.1, 0.15) is 0 Å². The molecule has 0 aliphatic heterocycles. The smallest absolute Gasteiger partial charge is 0.0708 e. The molecule has 3 aromatic rings. The molecule has 0 fully saturated rings. The normalized spacial score (nSPS) is 9.88. The number of aliphatic hydroxyl groups excluding tert-OH is 1. The van der Waals surface area contributed by atoms with Crippen LogP contribution >= 0.6 is 0 Å². The number of hydrogen-bond acceptors (Lipinski definition) is 2. The molecule has 0 bridgehead atoms. The lowest BCUT2D eigenvalue weighted by molar-refractivity contribution is 0.399. The minimum Gasteiger partial charge on any atom is -0.400 e. The zero-order valence-corrected chi connectivity index (χ0v) is 9.09. The first-order chi connectivity index (χ1) is 7.95. The van der Waals surface area contributed by atoms with Gasteiger partial charge >= 0.3 is 0 Å². The molecule has 1 aromatic heterocycles. The summed E-state index contributed by atoms with van der Waals surface area (Å²) in [5.74, 6) is 0. The van der Waals surface area contributed by atoms with Crippen molar-refractivity contribution in [1.82, 2.24) is 4.98 Å². The summed E-state index contributed by atoms with van der Waals surface area (Å²) in [7, 11) is 1.00. The highest BCUT2D eigenvalue weighted by atomic mass is 16.2. The molecule has 2 nitrogen and oxygen atoms in total. The van der Waals surface area contributed by atoms with E-state index in [2.05, 4.69) is 35.3 Å². The maximum atomic E-state index is 7.00. The maximum Gasteiger partial charge on any atom is 0.0708 e. The summed E-state index contributed by atoms with van der Waals surface area (Å²) in [6.45, 7) is 0. The second-order valence-electron chi connectivity index (χ2n) is 3.36. The van der Waals surface area contributed by atoms with Gasteiger partial charge in [-0.25, -0.2) is 0 Å². The van der Waals surface area contributed by atoms with Crippen molar-refractivity contribution in [3.63, 3.8) is 0 Å². The average molecular weight is 211 g/mol. The number of aromatic nitrogens is 1. The van der Waals surface area contributed by atoms with E-state index in [1.807, 2.05) is 24.4 Å². The Kier molecular flexibility index (Phi) is 3.13. The van der Waals surface area contributed by atoms with Crippen LogP contribution in [0.2, 0.25) is 0 Å². The summed E-state index contributed by atoms with van der Waals surface area (Å²) in [4.78, 5) is 4.41. The molecule has 16 heavy (non-hydrogen) atoms. The summed E-state index contributed by atoms with van der Waals surface area (Å²) in [6.07, 6.45) is 1.93. The van der Waals surface area contributed by atoms with Crippen molar-refractivity contribution in [3.8, 4) is 0 Å². The third kappa shape index (κ3) is 1.75. The van der Waals surface area contributed by atoms with Crippen molar-refractivity contribution in [2.24, 2.45) is 0 Å². The Hall–Kier alpha value is -1.93. The van der Waals surface area contributed by atoms with Gasteiger partial charge in [0.2, 0.25) is 0 Å². The zero-order chi connectivity index (χ0) is 11.4. The monoisotopic (exact) mass is 211 g/mol. The number of benzene rings is 2. The van der Waals surface area contributed by atoms with Crippen molar-refractivity contribution in [2.75, 3.05) is 7.11 Å². The summed E-state index contributed by atoms with van der Waals surface area (Å²) in [5, 5.41) is 10.7. The van der Waals surface area contributed by atoms with Gasteiger partial charge in [0, 0.05) is 24.1 Å². The third-order valence-electron chi connectivity index (χ3n) is 2.50. The van der Waals surface area contributed by atoms with E-state index < -0.39 is 0 Å². The highest BCUT2D eigenvalue weighted by molar-refractivity contribution is 6.05. The van der Waals surface area contributed by atoms with E-state index in [0.29, 0.717) is 0 Å². The fourth-order valence-electron chi connectivity index (χ4n) is 1.81. The summed E-state index contributed by atoms with van der Waals surface area (Å²) in [5.41, 5.74) is 1.06. The molecule has 0 aliphatic rings. The van der Waals surface area contributed by atoms with Gasteiger partial charge in [-0.2, -0.15) is 0 Å². The predicted octanol–water partition coefficient (Wildman–Crippen LogP) is 3.00. The lowest BCUT2D eigenvalue weighted by Crippen LogP contribution is -1.80. The Morgan fingerprint density at radius 1 is 0.812 bits per heavy atom. The third-order valence-corrected chi connectivity index (χ3v) is 2.50. The van der Waals surface area contributed by atoms with E-state index in [9.17, 15) is 0 Å². The number of nitrogens with zero attached hydrogens (tertiary/aromatic N) is 1. The number of para-hydroxylation sites is 1. The van der Waals surface area contributed by atoms with Crippen LogP contribution in [0.1, 0.15) is 0 Å². The van der Waals surface area contributed by atoms with Crippen LogP contribution in [0, 0.1) is 0 Å². The van der Waals surface area contributed by atoms with Crippen LogP contribution < -0.4 is 0 Å². The van der Waals surface area contributed by atoms with E-state index in [1.165, 1.54) is 16.2 Å². The Balaban J connectivity index is 0.000000457. The molecule has 2 heteroatoms. The lowest BCUT2D eigenvalue weighted by Gasteiger charge is -2.01. The van der Waals surface area contributed by atoms with Crippen LogP contribution in [0.3, 0.4) is 0 Å². The zero-order valence-electron chi connectivity index (χ0n) is 9.09. The van der Waals surface area contributed by atoms with Crippen LogP contribution in [0.25, 0.3) is 21.7 Å². The summed E-state index contributed by atoms with van der Waals surface area (Å²) < 4.78 is 0. The van der Waals surface area contributed by atoms with Crippen molar-refractivity contribution >= 4 is 21.7 Å². The number of pyridine rings is 1. The Labute approximate surface area is 94.2 Å². The number of hydrogen-bond donors (Lipinski definition) is 1. The molecule has 0 radical (unpaired) electrons. The molecule has 0 amide bonds. The van der Waals surface area contributed by atoms with Crippen LogP contribution in [0.5, 0.6) is 0 Å². The maximum absolute atomic E-state index is 7.00. The molecule has 3 rings (SSSR count). The molecular formula is C14H13NO. The number of fused-ring (bicyclic) bond motifs is 3. The van der Waals surface area contributed by atoms with Gasteiger partial charge in [-0.15, -0.1) is 0 Å². The first-order valence-corrected chi connectivity index (χ1v) is 5.12. The number of rotatable bonds is 0. The second kappa shape index (κ2) is 4.73. The molecule has 0 aliphatic carbocycles. The molecule has 0 saturated heterocycles. The summed E-state index contributed by atoms with van der Waals surface area (Å²) >= 11 is 0. The molecule has 0 unspecified atom stereocenters. The highest BCUT2D eigenvalue weighted by Gasteiger charge is 1.98. The van der Waals surface area contributed by atoms with E-state index in [-0.39, 0.29) is 0 Å². The topological polar surface area (TPSA) is 33.1 Å². The van der Waals surface area contributed by atoms with Gasteiger partial charge in [-0.3, -0.25) is 4.98 Å². The quantitative estimate of drug-likeness (QED) is 0.580. The molecule has 0 spiro atoms. The van der Waals surface area contributed by atoms with Crippen LogP contribution in [-0.4, -0.2) is 17.2 Å². The second-order valence-corrected chi connectivity index (χ2v) is 3.36. The Morgan fingerprint density at radius 2 is 1.44 bits per heavy atom. The van der Waals surface area contributed by atoms with Crippen LogP contribution in [0.4, 0.5) is 0 Å². The van der Waals surface area contributed by atoms with Crippen molar-refractivity contribution in [2.45, 2.75) is 0 Å². The predicted molar refractivity (Wildman–Crippen MR) is 67.4 cm³/mol. The molecule has 2 aromatic carbocycles. The van der Waals surface area contributed by atoms with Crippen molar-refractivity contribution in [1.29, 1.82) is 0 Å². The molecule has 0 atom stereocenters. The number of aliphatic hydroxyl groups is 1. The SMILES string of the molecule is CO.c1ccc2c(c1)cnc1ccccc12. The first-order valence-electron chi connectivity index (χ1n) is 5.12. The minimum atomic E-state index is 1.00. The molecule has 0 saturated carbocycles. The fraction of sp³-hybridized carbons (Fsp3) is 0.0714. The van der Waals surface area contributed by atoms with Crippen LogP contribution in [-0.2, 0) is 0 Å².